The predicted molar refractivity (Wildman–Crippen MR) is 61.6 cm³/mol. The Bertz CT molecular complexity index is 495. The van der Waals surface area contributed by atoms with Gasteiger partial charge >= 0.3 is 0 Å². The molecule has 1 aromatic heterocycles. The lowest BCUT2D eigenvalue weighted by Crippen LogP contribution is -1.90. The molecule has 0 aliphatic heterocycles. The highest BCUT2D eigenvalue weighted by atomic mass is 16.5. The Hall–Kier alpha value is -2.16. The summed E-state index contributed by atoms with van der Waals surface area (Å²) in [5.41, 5.74) is 2.58. The van der Waals surface area contributed by atoms with E-state index < -0.39 is 0 Å². The minimum Gasteiger partial charge on any atom is -0.496 e. The molecule has 80 valence electrons. The van der Waals surface area contributed by atoms with Crippen LogP contribution in [0.1, 0.15) is 10.4 Å². The van der Waals surface area contributed by atoms with Crippen molar-refractivity contribution in [2.24, 2.45) is 0 Å². The van der Waals surface area contributed by atoms with Gasteiger partial charge in [0.15, 0.2) is 0 Å². The van der Waals surface area contributed by atoms with Crippen LogP contribution in [0.25, 0.3) is 11.1 Å². The van der Waals surface area contributed by atoms with Crippen molar-refractivity contribution in [1.82, 2.24) is 4.98 Å². The minimum absolute atomic E-state index is 0.606. The maximum atomic E-state index is 10.7. The average Bonchev–Trinajstić information content (AvgIpc) is 2.39. The number of pyridine rings is 1. The van der Waals surface area contributed by atoms with Crippen molar-refractivity contribution in [3.05, 3.63) is 48.3 Å². The fourth-order valence-electron chi connectivity index (χ4n) is 1.55. The number of aldehydes is 1. The van der Waals surface area contributed by atoms with Gasteiger partial charge in [-0.3, -0.25) is 9.78 Å². The maximum absolute atomic E-state index is 10.7. The number of rotatable bonds is 3. The monoisotopic (exact) mass is 213 g/mol. The summed E-state index contributed by atoms with van der Waals surface area (Å²) < 4.78 is 5.26. The summed E-state index contributed by atoms with van der Waals surface area (Å²) in [5.74, 6) is 0.691. The Kier molecular flexibility index (Phi) is 2.96. The van der Waals surface area contributed by atoms with E-state index in [1.807, 2.05) is 18.2 Å². The van der Waals surface area contributed by atoms with Gasteiger partial charge in [0, 0.05) is 23.5 Å². The molecule has 0 atom stereocenters. The third-order valence-corrected chi connectivity index (χ3v) is 2.35. The van der Waals surface area contributed by atoms with Crippen molar-refractivity contribution in [2.75, 3.05) is 7.11 Å². The zero-order valence-electron chi connectivity index (χ0n) is 8.88. The molecule has 3 heteroatoms. The Morgan fingerprint density at radius 1 is 1.19 bits per heavy atom. The molecule has 1 heterocycles. The van der Waals surface area contributed by atoms with Crippen LogP contribution in [0, 0.1) is 0 Å². The molecule has 0 aliphatic carbocycles. The molecule has 0 bridgehead atoms. The summed E-state index contributed by atoms with van der Waals surface area (Å²) >= 11 is 0. The highest BCUT2D eigenvalue weighted by molar-refractivity contribution is 5.80. The lowest BCUT2D eigenvalue weighted by atomic mass is 10.0. The topological polar surface area (TPSA) is 39.2 Å². The van der Waals surface area contributed by atoms with Crippen LogP contribution in [0.4, 0.5) is 0 Å². The summed E-state index contributed by atoms with van der Waals surface area (Å²) in [4.78, 5) is 14.6. The number of ether oxygens (including phenoxy) is 1. The van der Waals surface area contributed by atoms with Crippen LogP contribution in [0.15, 0.2) is 42.7 Å². The number of nitrogens with zero attached hydrogens (tertiary/aromatic N) is 1. The van der Waals surface area contributed by atoms with E-state index in [1.54, 1.807) is 31.6 Å². The van der Waals surface area contributed by atoms with Gasteiger partial charge in [-0.1, -0.05) is 6.07 Å². The summed E-state index contributed by atoms with van der Waals surface area (Å²) in [6.45, 7) is 0. The van der Waals surface area contributed by atoms with Crippen molar-refractivity contribution in [2.45, 2.75) is 0 Å². The second kappa shape index (κ2) is 4.57. The van der Waals surface area contributed by atoms with Crippen LogP contribution < -0.4 is 4.74 Å². The fourth-order valence-corrected chi connectivity index (χ4v) is 1.55. The number of hydrogen-bond acceptors (Lipinski definition) is 3. The average molecular weight is 213 g/mol. The predicted octanol–water partition coefficient (Wildman–Crippen LogP) is 2.57. The molecule has 1 aromatic carbocycles. The van der Waals surface area contributed by atoms with Gasteiger partial charge in [-0.05, 0) is 29.8 Å². The Labute approximate surface area is 93.7 Å². The standard InChI is InChI=1S/C13H11NO2/c1-16-13-8-10(9-15)2-3-12(13)11-4-6-14-7-5-11/h2-9H,1H3. The van der Waals surface area contributed by atoms with Crippen LogP contribution in [0.5, 0.6) is 5.75 Å². The molecule has 0 aliphatic rings. The molecule has 0 saturated heterocycles. The summed E-state index contributed by atoms with van der Waals surface area (Å²) in [5, 5.41) is 0. The zero-order valence-corrected chi connectivity index (χ0v) is 8.88. The van der Waals surface area contributed by atoms with Crippen LogP contribution in [-0.2, 0) is 0 Å². The van der Waals surface area contributed by atoms with Crippen molar-refractivity contribution in [3.63, 3.8) is 0 Å². The molecule has 0 spiro atoms. The number of carbonyl (C=O) groups excluding carboxylic acids is 1. The lowest BCUT2D eigenvalue weighted by molar-refractivity contribution is 0.112. The number of carbonyl (C=O) groups is 1. The van der Waals surface area contributed by atoms with Crippen LogP contribution >= 0.6 is 0 Å². The molecule has 0 amide bonds. The van der Waals surface area contributed by atoms with E-state index in [9.17, 15) is 4.79 Å². The highest BCUT2D eigenvalue weighted by Crippen LogP contribution is 2.29. The van der Waals surface area contributed by atoms with E-state index in [0.29, 0.717) is 11.3 Å². The molecule has 3 nitrogen and oxygen atoms in total. The summed E-state index contributed by atoms with van der Waals surface area (Å²) in [7, 11) is 1.59. The van der Waals surface area contributed by atoms with Gasteiger partial charge in [-0.25, -0.2) is 0 Å². The van der Waals surface area contributed by atoms with E-state index in [2.05, 4.69) is 4.98 Å². The van der Waals surface area contributed by atoms with Crippen molar-refractivity contribution < 1.29 is 9.53 Å². The zero-order chi connectivity index (χ0) is 11.4. The van der Waals surface area contributed by atoms with Crippen molar-refractivity contribution >= 4 is 6.29 Å². The second-order valence-electron chi connectivity index (χ2n) is 3.31. The van der Waals surface area contributed by atoms with Gasteiger partial charge < -0.3 is 4.74 Å². The smallest absolute Gasteiger partial charge is 0.150 e. The van der Waals surface area contributed by atoms with Gasteiger partial charge in [0.25, 0.3) is 0 Å². The molecule has 0 N–H and O–H groups in total. The first kappa shape index (κ1) is 10.4. The number of methoxy groups -OCH3 is 1. The quantitative estimate of drug-likeness (QED) is 0.735. The third-order valence-electron chi connectivity index (χ3n) is 2.35. The first-order chi connectivity index (χ1) is 7.85. The summed E-state index contributed by atoms with van der Waals surface area (Å²) in [6, 6.07) is 9.17. The SMILES string of the molecule is COc1cc(C=O)ccc1-c1ccncc1. The van der Waals surface area contributed by atoms with Crippen LogP contribution in [-0.4, -0.2) is 18.4 Å². The molecule has 0 unspecified atom stereocenters. The molecule has 0 saturated carbocycles. The lowest BCUT2D eigenvalue weighted by Gasteiger charge is -2.08. The van der Waals surface area contributed by atoms with E-state index in [-0.39, 0.29) is 0 Å². The molecule has 16 heavy (non-hydrogen) atoms. The van der Waals surface area contributed by atoms with Gasteiger partial charge in [0.05, 0.1) is 7.11 Å². The maximum Gasteiger partial charge on any atom is 0.150 e. The van der Waals surface area contributed by atoms with Gasteiger partial charge in [0.1, 0.15) is 12.0 Å². The molecule has 2 rings (SSSR count). The summed E-state index contributed by atoms with van der Waals surface area (Å²) in [6.07, 6.45) is 4.25. The molecular weight excluding hydrogens is 202 g/mol. The van der Waals surface area contributed by atoms with Crippen molar-refractivity contribution in [1.29, 1.82) is 0 Å². The van der Waals surface area contributed by atoms with E-state index >= 15 is 0 Å². The highest BCUT2D eigenvalue weighted by Gasteiger charge is 2.06. The Morgan fingerprint density at radius 2 is 1.94 bits per heavy atom. The third kappa shape index (κ3) is 1.93. The second-order valence-corrected chi connectivity index (χ2v) is 3.31. The largest absolute Gasteiger partial charge is 0.496 e. The molecule has 2 aromatic rings. The molecule has 0 radical (unpaired) electrons. The number of hydrogen-bond donors (Lipinski definition) is 0. The normalized spacial score (nSPS) is 9.81. The van der Waals surface area contributed by atoms with E-state index in [0.717, 1.165) is 17.4 Å². The first-order valence-corrected chi connectivity index (χ1v) is 4.89. The van der Waals surface area contributed by atoms with E-state index in [1.165, 1.54) is 0 Å². The first-order valence-electron chi connectivity index (χ1n) is 4.89. The van der Waals surface area contributed by atoms with Gasteiger partial charge in [-0.15, -0.1) is 0 Å². The fraction of sp³-hybridized carbons (Fsp3) is 0.0769. The van der Waals surface area contributed by atoms with Gasteiger partial charge in [-0.2, -0.15) is 0 Å². The Balaban J connectivity index is 2.53. The van der Waals surface area contributed by atoms with Crippen molar-refractivity contribution in [3.8, 4) is 16.9 Å². The van der Waals surface area contributed by atoms with E-state index in [4.69, 9.17) is 4.74 Å². The van der Waals surface area contributed by atoms with Gasteiger partial charge in [0.2, 0.25) is 0 Å². The van der Waals surface area contributed by atoms with Crippen LogP contribution in [0.2, 0.25) is 0 Å². The number of aromatic nitrogens is 1. The van der Waals surface area contributed by atoms with Crippen LogP contribution in [0.3, 0.4) is 0 Å². The molecular formula is C13H11NO2. The Morgan fingerprint density at radius 3 is 2.56 bits per heavy atom. The molecule has 0 fully saturated rings. The minimum atomic E-state index is 0.606. The number of benzene rings is 1.